The maximum atomic E-state index is 11.9. The summed E-state index contributed by atoms with van der Waals surface area (Å²) in [5.41, 5.74) is 6.94. The zero-order chi connectivity index (χ0) is 17.6. The number of halogens is 1. The van der Waals surface area contributed by atoms with Crippen LogP contribution in [0.5, 0.6) is 11.5 Å². The number of benzene rings is 2. The van der Waals surface area contributed by atoms with E-state index in [2.05, 4.69) is 16.2 Å². The summed E-state index contributed by atoms with van der Waals surface area (Å²) >= 11 is 11.2. The summed E-state index contributed by atoms with van der Waals surface area (Å²) in [7, 11) is 0. The molecule has 0 aromatic heterocycles. The van der Waals surface area contributed by atoms with E-state index in [0.29, 0.717) is 22.4 Å². The molecule has 3 rings (SSSR count). The second-order valence-electron chi connectivity index (χ2n) is 5.31. The highest BCUT2D eigenvalue weighted by molar-refractivity contribution is 7.80. The highest BCUT2D eigenvalue weighted by Crippen LogP contribution is 2.32. The first kappa shape index (κ1) is 17.3. The minimum atomic E-state index is -0.236. The van der Waals surface area contributed by atoms with Gasteiger partial charge in [0.2, 0.25) is 12.7 Å². The molecule has 8 heteroatoms. The third-order valence-corrected chi connectivity index (χ3v) is 4.13. The Labute approximate surface area is 155 Å². The lowest BCUT2D eigenvalue weighted by Gasteiger charge is -2.12. The quantitative estimate of drug-likeness (QED) is 0.561. The topological polar surface area (TPSA) is 71.6 Å². The molecule has 0 unspecified atom stereocenters. The Kier molecular flexibility index (Phi) is 5.57. The van der Waals surface area contributed by atoms with Crippen LogP contribution in [0.1, 0.15) is 11.1 Å². The molecule has 0 bridgehead atoms. The zero-order valence-corrected chi connectivity index (χ0v) is 14.7. The predicted octanol–water partition coefficient (Wildman–Crippen LogP) is 2.31. The lowest BCUT2D eigenvalue weighted by molar-refractivity contribution is -0.121. The van der Waals surface area contributed by atoms with Gasteiger partial charge in [0.1, 0.15) is 0 Å². The number of nitrogens with one attached hydrogen (secondary N) is 3. The van der Waals surface area contributed by atoms with Crippen molar-refractivity contribution in [2.75, 3.05) is 6.79 Å². The Morgan fingerprint density at radius 2 is 1.92 bits per heavy atom. The van der Waals surface area contributed by atoms with E-state index in [9.17, 15) is 4.79 Å². The number of amides is 1. The van der Waals surface area contributed by atoms with Crippen LogP contribution in [-0.4, -0.2) is 17.8 Å². The van der Waals surface area contributed by atoms with Gasteiger partial charge in [-0.3, -0.25) is 15.6 Å². The molecular formula is C17H16ClN3O3S. The highest BCUT2D eigenvalue weighted by atomic mass is 35.5. The Bertz CT molecular complexity index is 800. The molecule has 1 heterocycles. The number of carbonyl (C=O) groups is 1. The maximum absolute atomic E-state index is 11.9. The molecule has 1 aliphatic rings. The summed E-state index contributed by atoms with van der Waals surface area (Å²) < 4.78 is 10.6. The maximum Gasteiger partial charge on any atom is 0.242 e. The molecule has 0 saturated carbocycles. The normalized spacial score (nSPS) is 11.7. The van der Waals surface area contributed by atoms with Crippen LogP contribution in [0.25, 0.3) is 0 Å². The molecule has 2 aromatic carbocycles. The summed E-state index contributed by atoms with van der Waals surface area (Å²) in [5, 5.41) is 3.87. The Balaban J connectivity index is 1.42. The molecule has 0 fully saturated rings. The lowest BCUT2D eigenvalue weighted by atomic mass is 10.1. The number of ether oxygens (including phenoxy) is 2. The van der Waals surface area contributed by atoms with Gasteiger partial charge in [0.25, 0.3) is 0 Å². The number of fused-ring (bicyclic) bond motifs is 1. The average Bonchev–Trinajstić information content (AvgIpc) is 3.08. The summed E-state index contributed by atoms with van der Waals surface area (Å²) in [6, 6.07) is 12.8. The molecule has 2 aromatic rings. The van der Waals surface area contributed by atoms with Crippen molar-refractivity contribution < 1.29 is 14.3 Å². The summed E-state index contributed by atoms with van der Waals surface area (Å²) in [4.78, 5) is 11.9. The fourth-order valence-corrected chi connectivity index (χ4v) is 2.59. The summed E-state index contributed by atoms with van der Waals surface area (Å²) in [5.74, 6) is 1.21. The van der Waals surface area contributed by atoms with Gasteiger partial charge in [0.15, 0.2) is 16.6 Å². The second kappa shape index (κ2) is 8.04. The van der Waals surface area contributed by atoms with Gasteiger partial charge in [-0.25, -0.2) is 0 Å². The Morgan fingerprint density at radius 3 is 2.76 bits per heavy atom. The van der Waals surface area contributed by atoms with E-state index in [0.717, 1.165) is 16.9 Å². The molecule has 130 valence electrons. The van der Waals surface area contributed by atoms with Crippen LogP contribution in [0.15, 0.2) is 42.5 Å². The molecule has 0 aliphatic carbocycles. The number of carbonyl (C=O) groups excluding carboxylic acids is 1. The van der Waals surface area contributed by atoms with Crippen LogP contribution < -0.4 is 25.6 Å². The van der Waals surface area contributed by atoms with Gasteiger partial charge >= 0.3 is 0 Å². The second-order valence-corrected chi connectivity index (χ2v) is 6.13. The number of hydrogen-bond acceptors (Lipinski definition) is 4. The number of hydrazine groups is 1. The van der Waals surface area contributed by atoms with Crippen LogP contribution in [0, 0.1) is 0 Å². The standard InChI is InChI=1S/C17H16ClN3O3S/c18-13-4-2-1-3-12(13)8-16(22)20-21-17(25)19-9-11-5-6-14-15(7-11)24-10-23-14/h1-7H,8-10H2,(H,20,22)(H2,19,21,25). The van der Waals surface area contributed by atoms with Gasteiger partial charge in [-0.1, -0.05) is 35.9 Å². The van der Waals surface area contributed by atoms with Gasteiger partial charge < -0.3 is 14.8 Å². The minimum Gasteiger partial charge on any atom is -0.454 e. The van der Waals surface area contributed by atoms with Gasteiger partial charge in [0, 0.05) is 11.6 Å². The zero-order valence-electron chi connectivity index (χ0n) is 13.2. The summed E-state index contributed by atoms with van der Waals surface area (Å²) in [6.45, 7) is 0.729. The van der Waals surface area contributed by atoms with E-state index in [1.165, 1.54) is 0 Å². The van der Waals surface area contributed by atoms with Crippen molar-refractivity contribution in [3.63, 3.8) is 0 Å². The molecule has 0 radical (unpaired) electrons. The monoisotopic (exact) mass is 377 g/mol. The first-order chi connectivity index (χ1) is 12.1. The van der Waals surface area contributed by atoms with E-state index in [-0.39, 0.29) is 19.1 Å². The van der Waals surface area contributed by atoms with Crippen LogP contribution in [0.3, 0.4) is 0 Å². The van der Waals surface area contributed by atoms with Crippen molar-refractivity contribution in [3.8, 4) is 11.5 Å². The van der Waals surface area contributed by atoms with Crippen LogP contribution in [0.4, 0.5) is 0 Å². The third-order valence-electron chi connectivity index (χ3n) is 3.51. The van der Waals surface area contributed by atoms with Crippen LogP contribution in [-0.2, 0) is 17.8 Å². The Morgan fingerprint density at radius 1 is 1.12 bits per heavy atom. The molecule has 1 aliphatic heterocycles. The molecule has 25 heavy (non-hydrogen) atoms. The highest BCUT2D eigenvalue weighted by Gasteiger charge is 2.13. The molecular weight excluding hydrogens is 362 g/mol. The number of hydrogen-bond donors (Lipinski definition) is 3. The average molecular weight is 378 g/mol. The van der Waals surface area contributed by atoms with Gasteiger partial charge in [-0.2, -0.15) is 0 Å². The number of rotatable bonds is 4. The summed E-state index contributed by atoms with van der Waals surface area (Å²) in [6.07, 6.45) is 0.164. The minimum absolute atomic E-state index is 0.164. The van der Waals surface area contributed by atoms with E-state index in [1.54, 1.807) is 12.1 Å². The first-order valence-electron chi connectivity index (χ1n) is 7.56. The van der Waals surface area contributed by atoms with E-state index in [4.69, 9.17) is 33.3 Å². The Hall–Kier alpha value is -2.51. The fraction of sp³-hybridized carbons (Fsp3) is 0.176. The van der Waals surface area contributed by atoms with E-state index in [1.807, 2.05) is 30.3 Å². The molecule has 1 amide bonds. The van der Waals surface area contributed by atoms with Gasteiger partial charge in [0.05, 0.1) is 6.42 Å². The van der Waals surface area contributed by atoms with Crippen molar-refractivity contribution in [3.05, 3.63) is 58.6 Å². The first-order valence-corrected chi connectivity index (χ1v) is 8.35. The molecule has 3 N–H and O–H groups in total. The van der Waals surface area contributed by atoms with Crippen molar-refractivity contribution in [1.29, 1.82) is 0 Å². The van der Waals surface area contributed by atoms with E-state index >= 15 is 0 Å². The number of thiocarbonyl (C=S) groups is 1. The van der Waals surface area contributed by atoms with Gasteiger partial charge in [-0.05, 0) is 41.5 Å². The molecule has 0 spiro atoms. The molecule has 0 saturated heterocycles. The van der Waals surface area contributed by atoms with Crippen molar-refractivity contribution in [2.24, 2.45) is 0 Å². The molecule has 0 atom stereocenters. The van der Waals surface area contributed by atoms with E-state index < -0.39 is 0 Å². The molecule has 6 nitrogen and oxygen atoms in total. The van der Waals surface area contributed by atoms with Crippen molar-refractivity contribution in [2.45, 2.75) is 13.0 Å². The fourth-order valence-electron chi connectivity index (χ4n) is 2.26. The van der Waals surface area contributed by atoms with Crippen molar-refractivity contribution >= 4 is 34.8 Å². The lowest BCUT2D eigenvalue weighted by Crippen LogP contribution is -2.47. The largest absolute Gasteiger partial charge is 0.454 e. The smallest absolute Gasteiger partial charge is 0.242 e. The van der Waals surface area contributed by atoms with Crippen LogP contribution >= 0.6 is 23.8 Å². The third kappa shape index (κ3) is 4.74. The van der Waals surface area contributed by atoms with Gasteiger partial charge in [-0.15, -0.1) is 0 Å². The van der Waals surface area contributed by atoms with Crippen LogP contribution in [0.2, 0.25) is 5.02 Å². The van der Waals surface area contributed by atoms with Crippen molar-refractivity contribution in [1.82, 2.24) is 16.2 Å². The predicted molar refractivity (Wildman–Crippen MR) is 98.4 cm³/mol. The SMILES string of the molecule is O=C(Cc1ccccc1Cl)NNC(=S)NCc1ccc2c(c1)OCO2.